The molecule has 68 valence electrons. The molecule has 0 spiro atoms. The minimum Gasteiger partial charge on any atom is -0.383 e. The second-order valence-corrected chi connectivity index (χ2v) is 2.88. The van der Waals surface area contributed by atoms with Gasteiger partial charge in [0.25, 0.3) is 0 Å². The summed E-state index contributed by atoms with van der Waals surface area (Å²) in [5.74, 6) is 0.891. The Balaban J connectivity index is 2.41. The average Bonchev–Trinajstić information content (AvgIpc) is 2.36. The fraction of sp³-hybridized carbons (Fsp3) is 0.625. The third-order valence-electron chi connectivity index (χ3n) is 1.52. The maximum atomic E-state index is 4.99. The first-order chi connectivity index (χ1) is 5.72. The Labute approximate surface area is 72.5 Å². The Morgan fingerprint density at radius 2 is 2.50 bits per heavy atom. The first-order valence-corrected chi connectivity index (χ1v) is 3.97. The topological polar surface area (TPSA) is 39.1 Å². The molecule has 0 aliphatic rings. The van der Waals surface area contributed by atoms with E-state index in [9.17, 15) is 0 Å². The molecule has 0 saturated carbocycles. The summed E-state index contributed by atoms with van der Waals surface area (Å²) in [5.41, 5.74) is 0. The Bertz CT molecular complexity index is 234. The van der Waals surface area contributed by atoms with Crippen LogP contribution in [0.25, 0.3) is 0 Å². The van der Waals surface area contributed by atoms with Crippen LogP contribution in [0.5, 0.6) is 0 Å². The molecule has 4 nitrogen and oxygen atoms in total. The van der Waals surface area contributed by atoms with Gasteiger partial charge in [-0.2, -0.15) is 5.10 Å². The maximum Gasteiger partial charge on any atom is 0.148 e. The van der Waals surface area contributed by atoms with Crippen LogP contribution in [-0.2, 0) is 11.8 Å². The van der Waals surface area contributed by atoms with Crippen molar-refractivity contribution in [1.29, 1.82) is 0 Å². The summed E-state index contributed by atoms with van der Waals surface area (Å²) in [6.45, 7) is 2.74. The Kier molecular flexibility index (Phi) is 3.10. The van der Waals surface area contributed by atoms with Crippen LogP contribution in [0.3, 0.4) is 0 Å². The van der Waals surface area contributed by atoms with Gasteiger partial charge < -0.3 is 10.1 Å². The molecule has 1 heterocycles. The normalized spacial score (nSPS) is 12.9. The van der Waals surface area contributed by atoms with E-state index in [0.717, 1.165) is 5.82 Å². The summed E-state index contributed by atoms with van der Waals surface area (Å²) in [4.78, 5) is 0. The van der Waals surface area contributed by atoms with Gasteiger partial charge in [-0.3, -0.25) is 4.68 Å². The minimum absolute atomic E-state index is 0.296. The standard InChI is InChI=1S/C8H15N3O/c1-7(6-12-3)9-8-4-5-11(2)10-8/h4-5,7H,6H2,1-3H3,(H,9,10)/t7-/m0/s1. The largest absolute Gasteiger partial charge is 0.383 e. The van der Waals surface area contributed by atoms with Crippen molar-refractivity contribution in [3.8, 4) is 0 Å². The molecule has 1 rings (SSSR count). The lowest BCUT2D eigenvalue weighted by Crippen LogP contribution is -2.21. The molecule has 1 N–H and O–H groups in total. The number of hydrogen-bond donors (Lipinski definition) is 1. The highest BCUT2D eigenvalue weighted by Gasteiger charge is 2.01. The molecular formula is C8H15N3O. The van der Waals surface area contributed by atoms with Crippen LogP contribution >= 0.6 is 0 Å². The van der Waals surface area contributed by atoms with Crippen molar-refractivity contribution in [2.24, 2.45) is 7.05 Å². The van der Waals surface area contributed by atoms with Crippen molar-refractivity contribution in [1.82, 2.24) is 9.78 Å². The van der Waals surface area contributed by atoms with E-state index in [1.54, 1.807) is 11.8 Å². The molecule has 0 bridgehead atoms. The lowest BCUT2D eigenvalue weighted by atomic mass is 10.3. The molecule has 0 aliphatic carbocycles. The van der Waals surface area contributed by atoms with E-state index in [1.165, 1.54) is 0 Å². The van der Waals surface area contributed by atoms with Crippen LogP contribution < -0.4 is 5.32 Å². The summed E-state index contributed by atoms with van der Waals surface area (Å²) in [5, 5.41) is 7.39. The van der Waals surface area contributed by atoms with Crippen molar-refractivity contribution in [2.75, 3.05) is 19.0 Å². The summed E-state index contributed by atoms with van der Waals surface area (Å²) >= 11 is 0. The molecule has 0 fully saturated rings. The number of aromatic nitrogens is 2. The lowest BCUT2D eigenvalue weighted by Gasteiger charge is -2.10. The van der Waals surface area contributed by atoms with E-state index in [1.807, 2.05) is 19.3 Å². The van der Waals surface area contributed by atoms with Gasteiger partial charge in [0.15, 0.2) is 0 Å². The number of aryl methyl sites for hydroxylation is 1. The van der Waals surface area contributed by atoms with Gasteiger partial charge in [0.2, 0.25) is 0 Å². The van der Waals surface area contributed by atoms with Crippen LogP contribution in [-0.4, -0.2) is 29.5 Å². The number of nitrogens with one attached hydrogen (secondary N) is 1. The maximum absolute atomic E-state index is 4.99. The Hall–Kier alpha value is -1.03. The van der Waals surface area contributed by atoms with Gasteiger partial charge in [-0.25, -0.2) is 0 Å². The number of anilines is 1. The molecule has 4 heteroatoms. The van der Waals surface area contributed by atoms with Gasteiger partial charge in [-0.1, -0.05) is 0 Å². The zero-order valence-corrected chi connectivity index (χ0v) is 7.74. The molecule has 0 unspecified atom stereocenters. The van der Waals surface area contributed by atoms with E-state index >= 15 is 0 Å². The first kappa shape index (κ1) is 9.06. The van der Waals surface area contributed by atoms with E-state index < -0.39 is 0 Å². The molecule has 1 aromatic rings. The van der Waals surface area contributed by atoms with E-state index in [4.69, 9.17) is 4.74 Å². The highest BCUT2D eigenvalue weighted by Crippen LogP contribution is 2.02. The molecule has 1 aromatic heterocycles. The Morgan fingerprint density at radius 1 is 1.75 bits per heavy atom. The van der Waals surface area contributed by atoms with E-state index in [0.29, 0.717) is 12.6 Å². The molecule has 0 amide bonds. The number of methoxy groups -OCH3 is 1. The third-order valence-corrected chi connectivity index (χ3v) is 1.52. The second kappa shape index (κ2) is 4.11. The van der Waals surface area contributed by atoms with Gasteiger partial charge in [0, 0.05) is 32.5 Å². The predicted molar refractivity (Wildman–Crippen MR) is 48.2 cm³/mol. The first-order valence-electron chi connectivity index (χ1n) is 3.97. The third kappa shape index (κ3) is 2.54. The lowest BCUT2D eigenvalue weighted by molar-refractivity contribution is 0.190. The smallest absolute Gasteiger partial charge is 0.148 e. The zero-order chi connectivity index (χ0) is 8.97. The second-order valence-electron chi connectivity index (χ2n) is 2.88. The minimum atomic E-state index is 0.296. The molecular weight excluding hydrogens is 154 g/mol. The zero-order valence-electron chi connectivity index (χ0n) is 7.74. The van der Waals surface area contributed by atoms with Gasteiger partial charge in [0.1, 0.15) is 5.82 Å². The van der Waals surface area contributed by atoms with Crippen LogP contribution in [0, 0.1) is 0 Å². The number of nitrogens with zero attached hydrogens (tertiary/aromatic N) is 2. The van der Waals surface area contributed by atoms with E-state index in [2.05, 4.69) is 17.3 Å². The van der Waals surface area contributed by atoms with E-state index in [-0.39, 0.29) is 0 Å². The van der Waals surface area contributed by atoms with Crippen molar-refractivity contribution < 1.29 is 4.74 Å². The van der Waals surface area contributed by atoms with Crippen LogP contribution in [0.1, 0.15) is 6.92 Å². The van der Waals surface area contributed by atoms with Crippen molar-refractivity contribution in [2.45, 2.75) is 13.0 Å². The number of hydrogen-bond acceptors (Lipinski definition) is 3. The Morgan fingerprint density at radius 3 is 3.00 bits per heavy atom. The monoisotopic (exact) mass is 169 g/mol. The highest BCUT2D eigenvalue weighted by molar-refractivity contribution is 5.33. The molecule has 0 saturated heterocycles. The van der Waals surface area contributed by atoms with Gasteiger partial charge in [0.05, 0.1) is 6.61 Å². The molecule has 0 aromatic carbocycles. The predicted octanol–water partition coefficient (Wildman–Crippen LogP) is 0.867. The highest BCUT2D eigenvalue weighted by atomic mass is 16.5. The molecule has 1 atom stereocenters. The van der Waals surface area contributed by atoms with Crippen molar-refractivity contribution in [3.05, 3.63) is 12.3 Å². The summed E-state index contributed by atoms with van der Waals surface area (Å²) in [6, 6.07) is 2.23. The fourth-order valence-corrected chi connectivity index (χ4v) is 1.04. The van der Waals surface area contributed by atoms with Crippen molar-refractivity contribution in [3.63, 3.8) is 0 Å². The summed E-state index contributed by atoms with van der Waals surface area (Å²) < 4.78 is 6.75. The fourth-order valence-electron chi connectivity index (χ4n) is 1.04. The number of rotatable bonds is 4. The quantitative estimate of drug-likeness (QED) is 0.726. The summed E-state index contributed by atoms with van der Waals surface area (Å²) in [7, 11) is 3.59. The van der Waals surface area contributed by atoms with Gasteiger partial charge in [-0.15, -0.1) is 0 Å². The van der Waals surface area contributed by atoms with Gasteiger partial charge in [-0.05, 0) is 6.92 Å². The van der Waals surface area contributed by atoms with Crippen LogP contribution in [0.15, 0.2) is 12.3 Å². The SMILES string of the molecule is COC[C@H](C)Nc1ccn(C)n1. The van der Waals surface area contributed by atoms with Crippen LogP contribution in [0.4, 0.5) is 5.82 Å². The van der Waals surface area contributed by atoms with Gasteiger partial charge >= 0.3 is 0 Å². The number of ether oxygens (including phenoxy) is 1. The molecule has 0 aliphatic heterocycles. The molecule has 12 heavy (non-hydrogen) atoms. The average molecular weight is 169 g/mol. The molecule has 0 radical (unpaired) electrons. The summed E-state index contributed by atoms with van der Waals surface area (Å²) in [6.07, 6.45) is 1.90. The van der Waals surface area contributed by atoms with Crippen molar-refractivity contribution >= 4 is 5.82 Å². The van der Waals surface area contributed by atoms with Crippen LogP contribution in [0.2, 0.25) is 0 Å².